The summed E-state index contributed by atoms with van der Waals surface area (Å²) in [5.41, 5.74) is 0.329. The number of hydrogen-bond acceptors (Lipinski definition) is 5. The number of aromatic nitrogens is 3. The second kappa shape index (κ2) is 8.00. The molecule has 0 N–H and O–H groups in total. The number of ether oxygens (including phenoxy) is 2. The van der Waals surface area contributed by atoms with E-state index in [0.29, 0.717) is 33.8 Å². The highest BCUT2D eigenvalue weighted by atomic mass is 35.5. The van der Waals surface area contributed by atoms with Gasteiger partial charge in [0.1, 0.15) is 17.4 Å². The van der Waals surface area contributed by atoms with Crippen molar-refractivity contribution in [2.24, 2.45) is 0 Å². The number of benzene rings is 1. The predicted molar refractivity (Wildman–Crippen MR) is 93.3 cm³/mol. The van der Waals surface area contributed by atoms with Crippen LogP contribution in [0.15, 0.2) is 55.2 Å². The number of halogens is 2. The summed E-state index contributed by atoms with van der Waals surface area (Å²) in [6.45, 7) is 0.777. The molecule has 0 amide bonds. The molecule has 0 bridgehead atoms. The molecule has 128 valence electrons. The molecule has 3 rings (SSSR count). The summed E-state index contributed by atoms with van der Waals surface area (Å²) >= 11 is 12.0. The van der Waals surface area contributed by atoms with Gasteiger partial charge < -0.3 is 14.0 Å². The summed E-state index contributed by atoms with van der Waals surface area (Å²) in [5, 5.41) is 0.686. The van der Waals surface area contributed by atoms with E-state index in [0.717, 1.165) is 0 Å². The second-order valence-corrected chi connectivity index (χ2v) is 5.76. The van der Waals surface area contributed by atoms with Crippen molar-refractivity contribution >= 4 is 29.2 Å². The zero-order valence-electron chi connectivity index (χ0n) is 12.9. The van der Waals surface area contributed by atoms with E-state index >= 15 is 0 Å². The SMILES string of the molecule is O=C(OCCn1ccnc1)c1ccc(Oc2cccc(Cl)c2Cl)nc1. The van der Waals surface area contributed by atoms with Crippen LogP contribution in [0.1, 0.15) is 10.4 Å². The predicted octanol–water partition coefficient (Wildman–Crippen LogP) is 4.23. The molecule has 0 atom stereocenters. The Labute approximate surface area is 153 Å². The number of esters is 1. The molecule has 0 saturated carbocycles. The molecule has 6 nitrogen and oxygen atoms in total. The molecule has 25 heavy (non-hydrogen) atoms. The van der Waals surface area contributed by atoms with Crippen molar-refractivity contribution in [2.45, 2.75) is 6.54 Å². The van der Waals surface area contributed by atoms with E-state index in [1.54, 1.807) is 49.1 Å². The van der Waals surface area contributed by atoms with E-state index in [2.05, 4.69) is 9.97 Å². The third-order valence-electron chi connectivity index (χ3n) is 3.24. The molecule has 8 heteroatoms. The van der Waals surface area contributed by atoms with E-state index < -0.39 is 5.97 Å². The quantitative estimate of drug-likeness (QED) is 0.601. The number of pyridine rings is 1. The van der Waals surface area contributed by atoms with E-state index in [-0.39, 0.29) is 6.61 Å². The molecule has 0 aliphatic rings. The molecule has 0 radical (unpaired) electrons. The van der Waals surface area contributed by atoms with Crippen molar-refractivity contribution in [2.75, 3.05) is 6.61 Å². The number of nitrogens with zero attached hydrogens (tertiary/aromatic N) is 3. The molecule has 0 aliphatic carbocycles. The van der Waals surface area contributed by atoms with Crippen LogP contribution in [0.3, 0.4) is 0 Å². The fraction of sp³-hybridized carbons (Fsp3) is 0.118. The maximum absolute atomic E-state index is 12.0. The van der Waals surface area contributed by atoms with E-state index in [9.17, 15) is 4.79 Å². The number of carbonyl (C=O) groups is 1. The van der Waals surface area contributed by atoms with Crippen molar-refractivity contribution in [3.63, 3.8) is 0 Å². The second-order valence-electron chi connectivity index (χ2n) is 4.98. The van der Waals surface area contributed by atoms with Crippen LogP contribution < -0.4 is 4.74 Å². The number of imidazole rings is 1. The number of carbonyl (C=O) groups excluding carboxylic acids is 1. The third-order valence-corrected chi connectivity index (χ3v) is 4.05. The molecule has 2 heterocycles. The van der Waals surface area contributed by atoms with Gasteiger partial charge >= 0.3 is 5.97 Å². The Bertz CT molecular complexity index is 852. The van der Waals surface area contributed by atoms with Crippen molar-refractivity contribution < 1.29 is 14.3 Å². The van der Waals surface area contributed by atoms with Crippen LogP contribution in [0.2, 0.25) is 10.0 Å². The zero-order valence-corrected chi connectivity index (χ0v) is 14.4. The van der Waals surface area contributed by atoms with Crippen molar-refractivity contribution in [3.05, 3.63) is 70.9 Å². The van der Waals surface area contributed by atoms with Gasteiger partial charge in [-0.2, -0.15) is 0 Å². The molecule has 0 saturated heterocycles. The van der Waals surface area contributed by atoms with E-state index in [1.807, 2.05) is 4.57 Å². The first-order valence-electron chi connectivity index (χ1n) is 7.34. The maximum atomic E-state index is 12.0. The minimum absolute atomic E-state index is 0.242. The lowest BCUT2D eigenvalue weighted by Gasteiger charge is -2.08. The molecule has 3 aromatic rings. The van der Waals surface area contributed by atoms with Crippen LogP contribution in [-0.4, -0.2) is 27.1 Å². The monoisotopic (exact) mass is 377 g/mol. The Hall–Kier alpha value is -2.57. The first kappa shape index (κ1) is 17.3. The largest absolute Gasteiger partial charge is 0.460 e. The lowest BCUT2D eigenvalue weighted by molar-refractivity contribution is 0.0491. The molecule has 0 spiro atoms. The van der Waals surface area contributed by atoms with Gasteiger partial charge in [0.15, 0.2) is 0 Å². The number of rotatable bonds is 6. The molecule has 1 aromatic carbocycles. The van der Waals surface area contributed by atoms with Gasteiger partial charge in [0, 0.05) is 24.7 Å². The Morgan fingerprint density at radius 3 is 2.80 bits per heavy atom. The highest BCUT2D eigenvalue weighted by molar-refractivity contribution is 6.42. The highest BCUT2D eigenvalue weighted by Gasteiger charge is 2.10. The summed E-state index contributed by atoms with van der Waals surface area (Å²) < 4.78 is 12.6. The van der Waals surface area contributed by atoms with Gasteiger partial charge in [-0.1, -0.05) is 29.3 Å². The first-order valence-corrected chi connectivity index (χ1v) is 8.10. The molecule has 0 aliphatic heterocycles. The smallest absolute Gasteiger partial charge is 0.339 e. The van der Waals surface area contributed by atoms with Gasteiger partial charge in [0.05, 0.1) is 23.5 Å². The topological polar surface area (TPSA) is 66.2 Å². The Morgan fingerprint density at radius 1 is 1.20 bits per heavy atom. The zero-order chi connectivity index (χ0) is 17.6. The molecular weight excluding hydrogens is 365 g/mol. The van der Waals surface area contributed by atoms with Gasteiger partial charge in [0.2, 0.25) is 5.88 Å². The minimum atomic E-state index is -0.458. The third kappa shape index (κ3) is 4.49. The molecular formula is C17H13Cl2N3O3. The Kier molecular flexibility index (Phi) is 5.53. The van der Waals surface area contributed by atoms with Crippen molar-refractivity contribution in [1.29, 1.82) is 0 Å². The summed E-state index contributed by atoms with van der Waals surface area (Å²) in [4.78, 5) is 20.0. The van der Waals surface area contributed by atoms with Crippen LogP contribution in [0.5, 0.6) is 11.6 Å². The van der Waals surface area contributed by atoms with Crippen molar-refractivity contribution in [1.82, 2.24) is 14.5 Å². The summed E-state index contributed by atoms with van der Waals surface area (Å²) in [6.07, 6.45) is 6.50. The molecule has 0 fully saturated rings. The van der Waals surface area contributed by atoms with Gasteiger partial charge in [-0.3, -0.25) is 0 Å². The fourth-order valence-corrected chi connectivity index (χ4v) is 2.31. The molecule has 2 aromatic heterocycles. The average molecular weight is 378 g/mol. The van der Waals surface area contributed by atoms with Crippen LogP contribution >= 0.6 is 23.2 Å². The Morgan fingerprint density at radius 2 is 2.08 bits per heavy atom. The van der Waals surface area contributed by atoms with Gasteiger partial charge in [-0.05, 0) is 18.2 Å². The van der Waals surface area contributed by atoms with Crippen LogP contribution in [0.4, 0.5) is 0 Å². The van der Waals surface area contributed by atoms with Crippen LogP contribution in [-0.2, 0) is 11.3 Å². The summed E-state index contributed by atoms with van der Waals surface area (Å²) in [6, 6.07) is 8.18. The van der Waals surface area contributed by atoms with Crippen molar-refractivity contribution in [3.8, 4) is 11.6 Å². The van der Waals surface area contributed by atoms with E-state index in [4.69, 9.17) is 32.7 Å². The van der Waals surface area contributed by atoms with Crippen LogP contribution in [0.25, 0.3) is 0 Å². The standard InChI is InChI=1S/C17H13Cl2N3O3/c18-13-2-1-3-14(16(13)19)25-15-5-4-12(10-21-15)17(23)24-9-8-22-7-6-20-11-22/h1-7,10-11H,8-9H2. The van der Waals surface area contributed by atoms with Crippen LogP contribution in [0, 0.1) is 0 Å². The normalized spacial score (nSPS) is 10.5. The fourth-order valence-electron chi connectivity index (χ4n) is 1.98. The first-order chi connectivity index (χ1) is 12.1. The minimum Gasteiger partial charge on any atom is -0.460 e. The van der Waals surface area contributed by atoms with Gasteiger partial charge in [0.25, 0.3) is 0 Å². The lowest BCUT2D eigenvalue weighted by Crippen LogP contribution is -2.11. The number of hydrogen-bond donors (Lipinski definition) is 0. The Balaban J connectivity index is 1.57. The highest BCUT2D eigenvalue weighted by Crippen LogP contribution is 2.33. The average Bonchev–Trinajstić information content (AvgIpc) is 3.13. The van der Waals surface area contributed by atoms with E-state index in [1.165, 1.54) is 6.20 Å². The lowest BCUT2D eigenvalue weighted by atomic mass is 10.3. The van der Waals surface area contributed by atoms with Gasteiger partial charge in [-0.15, -0.1) is 0 Å². The summed E-state index contributed by atoms with van der Waals surface area (Å²) in [7, 11) is 0. The summed E-state index contributed by atoms with van der Waals surface area (Å²) in [5.74, 6) is 0.219. The maximum Gasteiger partial charge on any atom is 0.339 e. The molecule has 0 unspecified atom stereocenters. The van der Waals surface area contributed by atoms with Gasteiger partial charge in [-0.25, -0.2) is 14.8 Å².